The normalized spacial score (nSPS) is 17.0. The SMILES string of the molecule is COC(=O)Nc1ccccc1C(=O)N1CC2(CCCC2)c2c(F)cccc21. The first-order chi connectivity index (χ1) is 13.1. The van der Waals surface area contributed by atoms with E-state index in [2.05, 4.69) is 10.1 Å². The van der Waals surface area contributed by atoms with Gasteiger partial charge in [0.1, 0.15) is 5.82 Å². The van der Waals surface area contributed by atoms with Gasteiger partial charge in [0.2, 0.25) is 0 Å². The summed E-state index contributed by atoms with van der Waals surface area (Å²) in [5.74, 6) is -0.497. The summed E-state index contributed by atoms with van der Waals surface area (Å²) in [7, 11) is 1.27. The molecule has 1 spiro atoms. The van der Waals surface area contributed by atoms with Crippen LogP contribution in [0.15, 0.2) is 42.5 Å². The molecule has 1 fully saturated rings. The molecule has 0 radical (unpaired) electrons. The van der Waals surface area contributed by atoms with Gasteiger partial charge in [-0.25, -0.2) is 9.18 Å². The lowest BCUT2D eigenvalue weighted by atomic mass is 9.80. The van der Waals surface area contributed by atoms with E-state index in [1.807, 2.05) is 0 Å². The lowest BCUT2D eigenvalue weighted by Gasteiger charge is -2.25. The standard InChI is InChI=1S/C21H21FN2O3/c1-27-20(26)23-16-9-3-2-7-14(16)19(25)24-13-21(11-4-5-12-21)18-15(22)8-6-10-17(18)24/h2-3,6-10H,4-5,11-13H2,1H3,(H,23,26). The smallest absolute Gasteiger partial charge is 0.411 e. The highest BCUT2D eigenvalue weighted by Crippen LogP contribution is 2.51. The maximum absolute atomic E-state index is 14.7. The first kappa shape index (κ1) is 17.5. The van der Waals surface area contributed by atoms with E-state index in [0.717, 1.165) is 25.7 Å². The van der Waals surface area contributed by atoms with E-state index >= 15 is 0 Å². The summed E-state index contributed by atoms with van der Waals surface area (Å²) in [6, 6.07) is 11.7. The second-order valence-corrected chi connectivity index (χ2v) is 7.17. The van der Waals surface area contributed by atoms with Gasteiger partial charge in [0.05, 0.1) is 24.0 Å². The van der Waals surface area contributed by atoms with E-state index < -0.39 is 6.09 Å². The number of hydrogen-bond acceptors (Lipinski definition) is 3. The van der Waals surface area contributed by atoms with Crippen molar-refractivity contribution >= 4 is 23.4 Å². The molecule has 1 heterocycles. The molecule has 1 aliphatic carbocycles. The number of halogens is 1. The molecule has 1 N–H and O–H groups in total. The maximum atomic E-state index is 14.7. The van der Waals surface area contributed by atoms with E-state index in [0.29, 0.717) is 29.0 Å². The van der Waals surface area contributed by atoms with Crippen LogP contribution in [0.25, 0.3) is 0 Å². The minimum Gasteiger partial charge on any atom is -0.453 e. The van der Waals surface area contributed by atoms with Crippen LogP contribution in [-0.2, 0) is 10.2 Å². The molecule has 4 rings (SSSR count). The van der Waals surface area contributed by atoms with Crippen LogP contribution in [0.2, 0.25) is 0 Å². The molecule has 2 aliphatic rings. The molecule has 2 aromatic carbocycles. The van der Waals surface area contributed by atoms with Gasteiger partial charge < -0.3 is 9.64 Å². The lowest BCUT2D eigenvalue weighted by Crippen LogP contribution is -2.36. The molecule has 2 aromatic rings. The second kappa shape index (κ2) is 6.68. The predicted molar refractivity (Wildman–Crippen MR) is 101 cm³/mol. The van der Waals surface area contributed by atoms with Crippen LogP contribution in [0.3, 0.4) is 0 Å². The monoisotopic (exact) mass is 368 g/mol. The van der Waals surface area contributed by atoms with Crippen molar-refractivity contribution in [2.24, 2.45) is 0 Å². The van der Waals surface area contributed by atoms with Crippen molar-refractivity contribution in [1.82, 2.24) is 0 Å². The quantitative estimate of drug-likeness (QED) is 0.850. The number of ether oxygens (including phenoxy) is 1. The van der Waals surface area contributed by atoms with Gasteiger partial charge in [0, 0.05) is 17.5 Å². The number of anilines is 2. The first-order valence-electron chi connectivity index (χ1n) is 9.11. The lowest BCUT2D eigenvalue weighted by molar-refractivity contribution is 0.0985. The van der Waals surface area contributed by atoms with E-state index in [4.69, 9.17) is 0 Å². The number of hydrogen-bond donors (Lipinski definition) is 1. The first-order valence-corrected chi connectivity index (χ1v) is 9.11. The van der Waals surface area contributed by atoms with Crippen molar-refractivity contribution in [2.75, 3.05) is 23.9 Å². The Morgan fingerprint density at radius 2 is 1.85 bits per heavy atom. The fourth-order valence-electron chi connectivity index (χ4n) is 4.46. The molecular formula is C21H21FN2O3. The number of carbonyl (C=O) groups excluding carboxylic acids is 2. The van der Waals surface area contributed by atoms with Gasteiger partial charge in [-0.15, -0.1) is 0 Å². The Balaban J connectivity index is 1.74. The molecule has 0 bridgehead atoms. The van der Waals surface area contributed by atoms with Gasteiger partial charge >= 0.3 is 6.09 Å². The van der Waals surface area contributed by atoms with E-state index in [1.165, 1.54) is 13.2 Å². The molecule has 27 heavy (non-hydrogen) atoms. The largest absolute Gasteiger partial charge is 0.453 e. The van der Waals surface area contributed by atoms with Crippen LogP contribution in [0.5, 0.6) is 0 Å². The molecule has 0 atom stereocenters. The summed E-state index contributed by atoms with van der Waals surface area (Å²) < 4.78 is 19.4. The number of nitrogens with zero attached hydrogens (tertiary/aromatic N) is 1. The Bertz CT molecular complexity index is 906. The van der Waals surface area contributed by atoms with Crippen LogP contribution in [0, 0.1) is 5.82 Å². The molecule has 0 unspecified atom stereocenters. The zero-order chi connectivity index (χ0) is 19.0. The molecule has 140 valence electrons. The fraction of sp³-hybridized carbons (Fsp3) is 0.333. The minimum atomic E-state index is -0.643. The Kier molecular flexibility index (Phi) is 4.34. The summed E-state index contributed by atoms with van der Waals surface area (Å²) in [5.41, 5.74) is 1.72. The average Bonchev–Trinajstić information content (AvgIpc) is 3.28. The minimum absolute atomic E-state index is 0.245. The Morgan fingerprint density at radius 3 is 2.59 bits per heavy atom. The second-order valence-electron chi connectivity index (χ2n) is 7.17. The van der Waals surface area contributed by atoms with E-state index in [9.17, 15) is 14.0 Å². The third kappa shape index (κ3) is 2.85. The number of rotatable bonds is 2. The predicted octanol–water partition coefficient (Wildman–Crippen LogP) is 4.48. The fourth-order valence-corrected chi connectivity index (χ4v) is 4.46. The highest BCUT2D eigenvalue weighted by molar-refractivity contribution is 6.12. The van der Waals surface area contributed by atoms with Crippen LogP contribution in [-0.4, -0.2) is 25.7 Å². The Labute approximate surface area is 157 Å². The van der Waals surface area contributed by atoms with Crippen molar-refractivity contribution < 1.29 is 18.7 Å². The van der Waals surface area contributed by atoms with Gasteiger partial charge in [-0.2, -0.15) is 0 Å². The molecule has 1 saturated carbocycles. The van der Waals surface area contributed by atoms with Gasteiger partial charge in [-0.3, -0.25) is 10.1 Å². The molecule has 6 heteroatoms. The Morgan fingerprint density at radius 1 is 1.11 bits per heavy atom. The van der Waals surface area contributed by atoms with Gasteiger partial charge in [-0.05, 0) is 37.1 Å². The highest BCUT2D eigenvalue weighted by Gasteiger charge is 2.48. The summed E-state index contributed by atoms with van der Waals surface area (Å²) >= 11 is 0. The van der Waals surface area contributed by atoms with E-state index in [-0.39, 0.29) is 17.1 Å². The zero-order valence-corrected chi connectivity index (χ0v) is 15.1. The summed E-state index contributed by atoms with van der Waals surface area (Å²) in [6.45, 7) is 0.467. The summed E-state index contributed by atoms with van der Waals surface area (Å²) in [5, 5.41) is 2.58. The third-order valence-electron chi connectivity index (χ3n) is 5.66. The molecule has 5 nitrogen and oxygen atoms in total. The van der Waals surface area contributed by atoms with Crippen molar-refractivity contribution in [3.63, 3.8) is 0 Å². The van der Waals surface area contributed by atoms with Crippen molar-refractivity contribution in [1.29, 1.82) is 0 Å². The molecule has 2 amide bonds. The van der Waals surface area contributed by atoms with Gasteiger partial charge in [0.25, 0.3) is 5.91 Å². The topological polar surface area (TPSA) is 58.6 Å². The molecule has 0 saturated heterocycles. The molecule has 0 aromatic heterocycles. The number of benzene rings is 2. The number of para-hydroxylation sites is 1. The van der Waals surface area contributed by atoms with Crippen molar-refractivity contribution in [2.45, 2.75) is 31.1 Å². The van der Waals surface area contributed by atoms with Crippen molar-refractivity contribution in [3.05, 3.63) is 59.4 Å². The van der Waals surface area contributed by atoms with Crippen LogP contribution in [0.1, 0.15) is 41.6 Å². The number of nitrogens with one attached hydrogen (secondary N) is 1. The highest BCUT2D eigenvalue weighted by atomic mass is 19.1. The van der Waals surface area contributed by atoms with E-state index in [1.54, 1.807) is 41.3 Å². The number of amides is 2. The van der Waals surface area contributed by atoms with Crippen LogP contribution >= 0.6 is 0 Å². The molecular weight excluding hydrogens is 347 g/mol. The molecule has 1 aliphatic heterocycles. The summed E-state index contributed by atoms with van der Waals surface area (Å²) in [6.07, 6.45) is 3.20. The number of fused-ring (bicyclic) bond motifs is 2. The third-order valence-corrected chi connectivity index (χ3v) is 5.66. The number of carbonyl (C=O) groups is 2. The Hall–Kier alpha value is -2.89. The van der Waals surface area contributed by atoms with Crippen LogP contribution < -0.4 is 10.2 Å². The maximum Gasteiger partial charge on any atom is 0.411 e. The number of methoxy groups -OCH3 is 1. The van der Waals surface area contributed by atoms with Gasteiger partial charge in [-0.1, -0.05) is 31.0 Å². The summed E-state index contributed by atoms with van der Waals surface area (Å²) in [4.78, 5) is 26.6. The zero-order valence-electron chi connectivity index (χ0n) is 15.1. The average molecular weight is 368 g/mol. The van der Waals surface area contributed by atoms with Gasteiger partial charge in [0.15, 0.2) is 0 Å². The van der Waals surface area contributed by atoms with Crippen LogP contribution in [0.4, 0.5) is 20.6 Å². The van der Waals surface area contributed by atoms with Crippen molar-refractivity contribution in [3.8, 4) is 0 Å².